The Bertz CT molecular complexity index is 35.0. The molecule has 0 aromatic rings. The third-order valence-corrected chi connectivity index (χ3v) is 0.269. The van der Waals surface area contributed by atoms with E-state index >= 15 is 0 Å². The van der Waals surface area contributed by atoms with E-state index in [0.717, 1.165) is 0 Å². The van der Waals surface area contributed by atoms with E-state index in [2.05, 4.69) is 4.74 Å². The standard InChI is InChI=1S/C3H5O3/c4-1-2-6-3-5/h3H,1-2H2/q-1. The minimum atomic E-state index is -0.348. The van der Waals surface area contributed by atoms with Crippen molar-refractivity contribution in [1.29, 1.82) is 0 Å². The number of carbonyl (C=O) groups excluding carboxylic acids is 1. The molecule has 0 saturated heterocycles. The average Bonchev–Trinajstić information content (AvgIpc) is 1.61. The summed E-state index contributed by atoms with van der Waals surface area (Å²) in [7, 11) is 0. The van der Waals surface area contributed by atoms with Crippen LogP contribution in [0.3, 0.4) is 0 Å². The van der Waals surface area contributed by atoms with Crippen LogP contribution in [0.25, 0.3) is 0 Å². The van der Waals surface area contributed by atoms with Crippen molar-refractivity contribution in [2.45, 2.75) is 0 Å². The highest BCUT2D eigenvalue weighted by Gasteiger charge is 1.65. The summed E-state index contributed by atoms with van der Waals surface area (Å²) in [4.78, 5) is 9.20. The summed E-state index contributed by atoms with van der Waals surface area (Å²) in [6.07, 6.45) is 0. The van der Waals surface area contributed by atoms with Gasteiger partial charge in [-0.05, 0) is 0 Å². The predicted octanol–water partition coefficient (Wildman–Crippen LogP) is -1.48. The molecule has 3 heteroatoms. The Balaban J connectivity index is 2.49. The molecule has 36 valence electrons. The molecule has 0 aromatic heterocycles. The van der Waals surface area contributed by atoms with Crippen LogP contribution in [0.5, 0.6) is 0 Å². The van der Waals surface area contributed by atoms with Crippen LogP contribution in [0.2, 0.25) is 0 Å². The molecule has 0 aliphatic rings. The highest BCUT2D eigenvalue weighted by Crippen LogP contribution is 1.55. The second kappa shape index (κ2) is 4.43. The van der Waals surface area contributed by atoms with Crippen molar-refractivity contribution in [2.75, 3.05) is 13.2 Å². The fourth-order valence-electron chi connectivity index (χ4n) is 0.0962. The Labute approximate surface area is 35.5 Å². The van der Waals surface area contributed by atoms with Crippen LogP contribution < -0.4 is 5.11 Å². The van der Waals surface area contributed by atoms with Gasteiger partial charge in [-0.1, -0.05) is 0 Å². The fraction of sp³-hybridized carbons (Fsp3) is 0.667. The van der Waals surface area contributed by atoms with E-state index in [1.807, 2.05) is 0 Å². The molecular formula is C3H5O3-. The highest BCUT2D eigenvalue weighted by atomic mass is 16.5. The number of ether oxygens (including phenoxy) is 1. The van der Waals surface area contributed by atoms with Crippen molar-refractivity contribution in [3.63, 3.8) is 0 Å². The fourth-order valence-corrected chi connectivity index (χ4v) is 0.0962. The van der Waals surface area contributed by atoms with Crippen LogP contribution in [0.4, 0.5) is 0 Å². The predicted molar refractivity (Wildman–Crippen MR) is 16.9 cm³/mol. The number of hydrogen-bond donors (Lipinski definition) is 0. The molecule has 0 aliphatic heterocycles. The van der Waals surface area contributed by atoms with Crippen molar-refractivity contribution in [3.8, 4) is 0 Å². The molecule has 0 fully saturated rings. The smallest absolute Gasteiger partial charge is 0.293 e. The molecule has 0 aliphatic carbocycles. The third kappa shape index (κ3) is 3.43. The molecule has 0 spiro atoms. The Hall–Kier alpha value is -0.570. The zero-order chi connectivity index (χ0) is 4.83. The van der Waals surface area contributed by atoms with Crippen molar-refractivity contribution in [1.82, 2.24) is 0 Å². The van der Waals surface area contributed by atoms with Crippen molar-refractivity contribution in [3.05, 3.63) is 0 Å². The Morgan fingerprint density at radius 1 is 1.83 bits per heavy atom. The number of hydrogen-bond acceptors (Lipinski definition) is 3. The SMILES string of the molecule is O=COCC[O-]. The van der Waals surface area contributed by atoms with E-state index in [4.69, 9.17) is 0 Å². The summed E-state index contributed by atoms with van der Waals surface area (Å²) in [6, 6.07) is 0. The van der Waals surface area contributed by atoms with E-state index in [-0.39, 0.29) is 19.7 Å². The van der Waals surface area contributed by atoms with Gasteiger partial charge in [-0.25, -0.2) is 0 Å². The lowest BCUT2D eigenvalue weighted by Crippen LogP contribution is -2.11. The molecule has 0 unspecified atom stereocenters. The van der Waals surface area contributed by atoms with Crippen LogP contribution in [0.15, 0.2) is 0 Å². The van der Waals surface area contributed by atoms with Crippen molar-refractivity contribution < 1.29 is 14.6 Å². The molecule has 0 heterocycles. The minimum Gasteiger partial charge on any atom is -0.852 e. The zero-order valence-corrected chi connectivity index (χ0v) is 3.22. The number of rotatable bonds is 3. The summed E-state index contributed by atoms with van der Waals surface area (Å²) in [5.74, 6) is 0. The molecule has 0 atom stereocenters. The highest BCUT2D eigenvalue weighted by molar-refractivity contribution is 5.36. The van der Waals surface area contributed by atoms with E-state index < -0.39 is 0 Å². The molecule has 0 saturated carbocycles. The molecule has 0 N–H and O–H groups in total. The summed E-state index contributed by atoms with van der Waals surface area (Å²) in [5, 5.41) is 9.40. The monoisotopic (exact) mass is 89.0 g/mol. The van der Waals surface area contributed by atoms with Gasteiger partial charge < -0.3 is 9.84 Å². The lowest BCUT2D eigenvalue weighted by molar-refractivity contribution is -0.372. The molecule has 0 aromatic carbocycles. The van der Waals surface area contributed by atoms with Gasteiger partial charge in [-0.15, -0.1) is 6.61 Å². The van der Waals surface area contributed by atoms with E-state index in [1.165, 1.54) is 0 Å². The first-order valence-corrected chi connectivity index (χ1v) is 1.55. The van der Waals surface area contributed by atoms with E-state index in [9.17, 15) is 9.90 Å². The van der Waals surface area contributed by atoms with E-state index in [0.29, 0.717) is 0 Å². The topological polar surface area (TPSA) is 49.4 Å². The maximum Gasteiger partial charge on any atom is 0.293 e. The second-order valence-corrected chi connectivity index (χ2v) is 0.671. The molecule has 0 bridgehead atoms. The largest absolute Gasteiger partial charge is 0.852 e. The lowest BCUT2D eigenvalue weighted by Gasteiger charge is -1.97. The quantitative estimate of drug-likeness (QED) is 0.313. The van der Waals surface area contributed by atoms with Gasteiger partial charge in [0.05, 0.1) is 6.61 Å². The van der Waals surface area contributed by atoms with Gasteiger partial charge in [0.2, 0.25) is 0 Å². The van der Waals surface area contributed by atoms with Gasteiger partial charge in [0.1, 0.15) is 0 Å². The van der Waals surface area contributed by atoms with Gasteiger partial charge in [0, 0.05) is 0 Å². The van der Waals surface area contributed by atoms with Crippen molar-refractivity contribution >= 4 is 6.47 Å². The van der Waals surface area contributed by atoms with Gasteiger partial charge in [-0.3, -0.25) is 4.79 Å². The van der Waals surface area contributed by atoms with E-state index in [1.54, 1.807) is 0 Å². The second-order valence-electron chi connectivity index (χ2n) is 0.671. The molecule has 3 nitrogen and oxygen atoms in total. The van der Waals surface area contributed by atoms with Crippen LogP contribution in [0, 0.1) is 0 Å². The first-order chi connectivity index (χ1) is 2.91. The van der Waals surface area contributed by atoms with Crippen LogP contribution >= 0.6 is 0 Å². The van der Waals surface area contributed by atoms with Crippen LogP contribution in [-0.4, -0.2) is 19.7 Å². The van der Waals surface area contributed by atoms with Gasteiger partial charge in [-0.2, -0.15) is 0 Å². The third-order valence-electron chi connectivity index (χ3n) is 0.269. The first kappa shape index (κ1) is 5.43. The molecule has 6 heavy (non-hydrogen) atoms. The molecule has 0 rings (SSSR count). The molecule has 0 amide bonds. The molecule has 0 radical (unpaired) electrons. The Kier molecular flexibility index (Phi) is 4.01. The maximum atomic E-state index is 9.40. The Morgan fingerprint density at radius 3 is 2.67 bits per heavy atom. The van der Waals surface area contributed by atoms with Crippen LogP contribution in [-0.2, 0) is 9.53 Å². The minimum absolute atomic E-state index is 0.0104. The first-order valence-electron chi connectivity index (χ1n) is 1.55. The summed E-state index contributed by atoms with van der Waals surface area (Å²) >= 11 is 0. The summed E-state index contributed by atoms with van der Waals surface area (Å²) < 4.78 is 3.99. The van der Waals surface area contributed by atoms with Gasteiger partial charge in [0.25, 0.3) is 6.47 Å². The maximum absolute atomic E-state index is 9.40. The Morgan fingerprint density at radius 2 is 2.50 bits per heavy atom. The normalized spacial score (nSPS) is 7.50. The lowest BCUT2D eigenvalue weighted by atomic mass is 10.8. The van der Waals surface area contributed by atoms with Gasteiger partial charge >= 0.3 is 0 Å². The average molecular weight is 89.1 g/mol. The summed E-state index contributed by atoms with van der Waals surface area (Å²) in [5.41, 5.74) is 0. The summed E-state index contributed by atoms with van der Waals surface area (Å²) in [6.45, 7) is -0.0971. The number of carbonyl (C=O) groups is 1. The molecular weight excluding hydrogens is 84.0 g/mol. The van der Waals surface area contributed by atoms with Crippen molar-refractivity contribution in [2.24, 2.45) is 0 Å². The van der Waals surface area contributed by atoms with Crippen LogP contribution in [0.1, 0.15) is 0 Å². The van der Waals surface area contributed by atoms with Gasteiger partial charge in [0.15, 0.2) is 0 Å². The zero-order valence-electron chi connectivity index (χ0n) is 3.22.